The van der Waals surface area contributed by atoms with Gasteiger partial charge in [-0.05, 0) is 59.7 Å². The van der Waals surface area contributed by atoms with E-state index in [4.69, 9.17) is 16.3 Å². The number of aryl methyl sites for hydroxylation is 2. The molecule has 0 atom stereocenters. The van der Waals surface area contributed by atoms with E-state index in [2.05, 4.69) is 26.1 Å². The Balaban J connectivity index is 2.07. The lowest BCUT2D eigenvalue weighted by Crippen LogP contribution is -2.37. The van der Waals surface area contributed by atoms with Crippen LogP contribution in [0.1, 0.15) is 43.0 Å². The molecule has 0 saturated heterocycles. The number of hydrogen-bond acceptors (Lipinski definition) is 4. The van der Waals surface area contributed by atoms with Gasteiger partial charge in [0, 0.05) is 5.02 Å². The summed E-state index contributed by atoms with van der Waals surface area (Å²) in [5.41, 5.74) is 3.08. The molecule has 0 aliphatic rings. The van der Waals surface area contributed by atoms with E-state index >= 15 is 0 Å². The van der Waals surface area contributed by atoms with Crippen molar-refractivity contribution in [1.82, 2.24) is 5.32 Å². The first kappa shape index (κ1) is 22.5. The van der Waals surface area contributed by atoms with Crippen LogP contribution in [0.5, 0.6) is 5.75 Å². The molecule has 0 aliphatic heterocycles. The Morgan fingerprint density at radius 3 is 2.14 bits per heavy atom. The second kappa shape index (κ2) is 9.14. The van der Waals surface area contributed by atoms with Crippen LogP contribution in [0.2, 0.25) is 5.02 Å². The van der Waals surface area contributed by atoms with Crippen LogP contribution in [-0.2, 0) is 15.0 Å². The first-order valence-electron chi connectivity index (χ1n) is 9.20. The minimum absolute atomic E-state index is 0.0106. The van der Waals surface area contributed by atoms with Crippen LogP contribution in [-0.4, -0.2) is 18.5 Å². The molecule has 2 rings (SSSR count). The van der Waals surface area contributed by atoms with Crippen LogP contribution < -0.4 is 15.2 Å². The molecule has 1 N–H and O–H groups in total. The Labute approximate surface area is 176 Å². The van der Waals surface area contributed by atoms with Crippen molar-refractivity contribution < 1.29 is 19.4 Å². The molecule has 2 aromatic rings. The molecule has 5 nitrogen and oxygen atoms in total. The van der Waals surface area contributed by atoms with E-state index in [9.17, 15) is 14.7 Å². The Morgan fingerprint density at radius 2 is 1.66 bits per heavy atom. The van der Waals surface area contributed by atoms with Gasteiger partial charge in [-0.1, -0.05) is 56.6 Å². The van der Waals surface area contributed by atoms with Gasteiger partial charge in [-0.3, -0.25) is 4.79 Å². The van der Waals surface area contributed by atoms with Gasteiger partial charge in [-0.25, -0.2) is 0 Å². The van der Waals surface area contributed by atoms with E-state index in [-0.39, 0.29) is 17.7 Å². The van der Waals surface area contributed by atoms with Crippen molar-refractivity contribution in [3.05, 3.63) is 69.4 Å². The summed E-state index contributed by atoms with van der Waals surface area (Å²) in [4.78, 5) is 23.6. The number of carbonyl (C=O) groups excluding carboxylic acids is 2. The average molecular weight is 415 g/mol. The number of carboxylic acids is 1. The van der Waals surface area contributed by atoms with Crippen molar-refractivity contribution >= 4 is 29.6 Å². The summed E-state index contributed by atoms with van der Waals surface area (Å²) in [6.07, 6.45) is 1.36. The third kappa shape index (κ3) is 6.36. The highest BCUT2D eigenvalue weighted by Gasteiger charge is 2.13. The SMILES string of the molecule is Cc1cc(OCC(=O)N/C(=C/c2ccc(C(C)(C)C)cc2)C(=O)[O-])cc(C)c1Cl. The fourth-order valence-electron chi connectivity index (χ4n) is 2.72. The van der Waals surface area contributed by atoms with E-state index in [1.54, 1.807) is 24.3 Å². The van der Waals surface area contributed by atoms with Gasteiger partial charge in [0.1, 0.15) is 5.75 Å². The van der Waals surface area contributed by atoms with Gasteiger partial charge in [0.2, 0.25) is 0 Å². The molecule has 0 fully saturated rings. The van der Waals surface area contributed by atoms with Crippen molar-refractivity contribution in [2.45, 2.75) is 40.0 Å². The minimum atomic E-state index is -1.48. The quantitative estimate of drug-likeness (QED) is 0.733. The monoisotopic (exact) mass is 414 g/mol. The van der Waals surface area contributed by atoms with Crippen molar-refractivity contribution in [2.75, 3.05) is 6.61 Å². The molecule has 0 unspecified atom stereocenters. The molecule has 2 aromatic carbocycles. The van der Waals surface area contributed by atoms with Crippen molar-refractivity contribution in [1.29, 1.82) is 0 Å². The zero-order valence-corrected chi connectivity index (χ0v) is 18.0. The number of carboxylic acid groups (broad SMARTS) is 1. The highest BCUT2D eigenvalue weighted by Crippen LogP contribution is 2.26. The number of carbonyl (C=O) groups is 2. The summed E-state index contributed by atoms with van der Waals surface area (Å²) in [5, 5.41) is 14.4. The van der Waals surface area contributed by atoms with Gasteiger partial charge in [-0.2, -0.15) is 0 Å². The Kier molecular flexibility index (Phi) is 7.09. The van der Waals surface area contributed by atoms with Gasteiger partial charge in [0.05, 0.1) is 11.7 Å². The van der Waals surface area contributed by atoms with Crippen LogP contribution >= 0.6 is 11.6 Å². The fraction of sp³-hybridized carbons (Fsp3) is 0.304. The van der Waals surface area contributed by atoms with Crippen LogP contribution in [0.25, 0.3) is 6.08 Å². The predicted molar refractivity (Wildman–Crippen MR) is 113 cm³/mol. The molecular weight excluding hydrogens is 390 g/mol. The van der Waals surface area contributed by atoms with Gasteiger partial charge in [0.15, 0.2) is 6.61 Å². The lowest BCUT2D eigenvalue weighted by atomic mass is 9.87. The third-order valence-corrected chi connectivity index (χ3v) is 4.96. The van der Waals surface area contributed by atoms with Gasteiger partial charge >= 0.3 is 0 Å². The maximum Gasteiger partial charge on any atom is 0.262 e. The predicted octanol–water partition coefficient (Wildman–Crippen LogP) is 3.54. The molecule has 0 radical (unpaired) electrons. The van der Waals surface area contributed by atoms with Gasteiger partial charge < -0.3 is 20.0 Å². The number of ether oxygens (including phenoxy) is 1. The Bertz CT molecular complexity index is 917. The topological polar surface area (TPSA) is 78.5 Å². The summed E-state index contributed by atoms with van der Waals surface area (Å²) in [6.45, 7) is 9.61. The molecule has 154 valence electrons. The molecule has 29 heavy (non-hydrogen) atoms. The zero-order chi connectivity index (χ0) is 21.8. The Morgan fingerprint density at radius 1 is 1.10 bits per heavy atom. The molecule has 0 aliphatic carbocycles. The standard InChI is InChI=1S/C23H26ClNO4/c1-14-10-18(11-15(2)21(14)24)29-13-20(26)25-19(22(27)28)12-16-6-8-17(9-7-16)23(3,4)5/h6-12H,13H2,1-5H3,(H,25,26)(H,27,28)/p-1/b19-12+. The lowest BCUT2D eigenvalue weighted by Gasteiger charge is -2.19. The van der Waals surface area contributed by atoms with Crippen molar-refractivity contribution in [3.8, 4) is 5.75 Å². The average Bonchev–Trinajstić information content (AvgIpc) is 2.63. The molecule has 6 heteroatoms. The highest BCUT2D eigenvalue weighted by molar-refractivity contribution is 6.32. The second-order valence-corrected chi connectivity index (χ2v) is 8.30. The number of amides is 1. The van der Waals surface area contributed by atoms with Crippen LogP contribution in [0, 0.1) is 13.8 Å². The number of aliphatic carboxylic acids is 1. The highest BCUT2D eigenvalue weighted by atomic mass is 35.5. The number of rotatable bonds is 6. The van der Waals surface area contributed by atoms with Crippen molar-refractivity contribution in [2.24, 2.45) is 0 Å². The number of nitrogens with one attached hydrogen (secondary N) is 1. The van der Waals surface area contributed by atoms with Crippen molar-refractivity contribution in [3.63, 3.8) is 0 Å². The van der Waals surface area contributed by atoms with E-state index in [0.717, 1.165) is 16.7 Å². The summed E-state index contributed by atoms with van der Waals surface area (Å²) < 4.78 is 5.46. The van der Waals surface area contributed by atoms with E-state index in [1.807, 2.05) is 26.0 Å². The molecule has 0 heterocycles. The number of hydrogen-bond donors (Lipinski definition) is 1. The lowest BCUT2D eigenvalue weighted by molar-refractivity contribution is -0.299. The number of halogens is 1. The zero-order valence-electron chi connectivity index (χ0n) is 17.3. The third-order valence-electron chi connectivity index (χ3n) is 4.36. The largest absolute Gasteiger partial charge is 0.543 e. The maximum absolute atomic E-state index is 12.1. The molecule has 0 saturated carbocycles. The van der Waals surface area contributed by atoms with Crippen LogP contribution in [0.3, 0.4) is 0 Å². The molecule has 0 spiro atoms. The summed E-state index contributed by atoms with van der Waals surface area (Å²) in [5.74, 6) is -1.59. The second-order valence-electron chi connectivity index (χ2n) is 7.93. The molecule has 0 bridgehead atoms. The van der Waals surface area contributed by atoms with Crippen LogP contribution in [0.4, 0.5) is 0 Å². The van der Waals surface area contributed by atoms with E-state index in [0.29, 0.717) is 16.3 Å². The summed E-state index contributed by atoms with van der Waals surface area (Å²) in [7, 11) is 0. The molecule has 1 amide bonds. The van der Waals surface area contributed by atoms with Crippen LogP contribution in [0.15, 0.2) is 42.1 Å². The molecular formula is C23H25ClNO4-. The summed E-state index contributed by atoms with van der Waals surface area (Å²) >= 11 is 6.11. The minimum Gasteiger partial charge on any atom is -0.543 e. The first-order valence-corrected chi connectivity index (χ1v) is 9.58. The normalized spacial score (nSPS) is 11.9. The summed E-state index contributed by atoms with van der Waals surface area (Å²) in [6, 6.07) is 10.9. The van der Waals surface area contributed by atoms with E-state index < -0.39 is 11.9 Å². The maximum atomic E-state index is 12.1. The van der Waals surface area contributed by atoms with Gasteiger partial charge in [-0.15, -0.1) is 0 Å². The smallest absolute Gasteiger partial charge is 0.262 e. The fourth-order valence-corrected chi connectivity index (χ4v) is 2.83. The number of benzene rings is 2. The van der Waals surface area contributed by atoms with Gasteiger partial charge in [0.25, 0.3) is 5.91 Å². The van der Waals surface area contributed by atoms with E-state index in [1.165, 1.54) is 6.08 Å². The molecule has 0 aromatic heterocycles. The first-order chi connectivity index (χ1) is 13.5. The Hall–Kier alpha value is -2.79.